The van der Waals surface area contributed by atoms with Gasteiger partial charge in [0.2, 0.25) is 0 Å². The molecular weight excluding hydrogens is 324 g/mol. The van der Waals surface area contributed by atoms with Crippen LogP contribution < -0.4 is 10.9 Å². The predicted octanol–water partition coefficient (Wildman–Crippen LogP) is 2.41. The first kappa shape index (κ1) is 15.7. The number of para-hydroxylation sites is 1. The van der Waals surface area contributed by atoms with Gasteiger partial charge in [-0.25, -0.2) is 4.68 Å². The Kier molecular flexibility index (Phi) is 4.83. The minimum Gasteiger partial charge on any atom is -0.268 e. The van der Waals surface area contributed by atoms with Crippen molar-refractivity contribution in [2.24, 2.45) is 0 Å². The highest BCUT2D eigenvalue weighted by Gasteiger charge is 2.06. The molecule has 0 aliphatic rings. The fourth-order valence-corrected chi connectivity index (χ4v) is 2.56. The zero-order chi connectivity index (χ0) is 16.8. The maximum atomic E-state index is 11.7. The lowest BCUT2D eigenvalue weighted by Crippen LogP contribution is -2.40. The Hall–Kier alpha value is -3.19. The molecule has 2 amide bonds. The molecule has 2 aromatic heterocycles. The highest BCUT2D eigenvalue weighted by molar-refractivity contribution is 7.12. The number of hydrogen-bond donors (Lipinski definition) is 2. The zero-order valence-electron chi connectivity index (χ0n) is 12.5. The number of rotatable bonds is 4. The smallest absolute Gasteiger partial charge is 0.268 e. The Bertz CT molecular complexity index is 854. The van der Waals surface area contributed by atoms with Gasteiger partial charge in [-0.1, -0.05) is 24.3 Å². The molecule has 0 radical (unpaired) electrons. The molecule has 3 rings (SSSR count). The van der Waals surface area contributed by atoms with Crippen LogP contribution in [-0.2, 0) is 4.79 Å². The number of amides is 2. The summed E-state index contributed by atoms with van der Waals surface area (Å²) in [6.07, 6.45) is 6.42. The van der Waals surface area contributed by atoms with Crippen molar-refractivity contribution in [3.8, 4) is 5.69 Å². The molecule has 0 saturated heterocycles. The number of nitrogens with zero attached hydrogens (tertiary/aromatic N) is 2. The van der Waals surface area contributed by atoms with E-state index in [-0.39, 0.29) is 5.91 Å². The quantitative estimate of drug-likeness (QED) is 0.566. The standard InChI is InChI=1S/C17H14N4O2S/c22-16(19-20-17(23)15-7-4-10-24-15)9-8-13-11-18-21(12-13)14-5-2-1-3-6-14/h1-12H,(H,19,22)(H,20,23)/b9-8+. The SMILES string of the molecule is O=C(/C=C/c1cnn(-c2ccccc2)c1)NNC(=O)c1cccs1. The van der Waals surface area contributed by atoms with Crippen LogP contribution in [0.1, 0.15) is 15.2 Å². The van der Waals surface area contributed by atoms with Gasteiger partial charge in [-0.15, -0.1) is 11.3 Å². The second kappa shape index (κ2) is 7.38. The third kappa shape index (κ3) is 3.96. The van der Waals surface area contributed by atoms with Crippen LogP contribution in [0.3, 0.4) is 0 Å². The highest BCUT2D eigenvalue weighted by Crippen LogP contribution is 2.09. The summed E-state index contributed by atoms with van der Waals surface area (Å²) in [4.78, 5) is 24.0. The van der Waals surface area contributed by atoms with Gasteiger partial charge in [0.05, 0.1) is 16.8 Å². The van der Waals surface area contributed by atoms with Crippen molar-refractivity contribution in [2.75, 3.05) is 0 Å². The molecule has 7 heteroatoms. The third-order valence-corrected chi connectivity index (χ3v) is 3.96. The van der Waals surface area contributed by atoms with Gasteiger partial charge in [-0.3, -0.25) is 20.4 Å². The molecular formula is C17H14N4O2S. The van der Waals surface area contributed by atoms with Crippen LogP contribution >= 0.6 is 11.3 Å². The maximum absolute atomic E-state index is 11.7. The minimum absolute atomic E-state index is 0.344. The Morgan fingerprint density at radius 3 is 2.67 bits per heavy atom. The molecule has 0 bridgehead atoms. The van der Waals surface area contributed by atoms with Gasteiger partial charge in [-0.2, -0.15) is 5.10 Å². The Morgan fingerprint density at radius 1 is 1.08 bits per heavy atom. The monoisotopic (exact) mass is 338 g/mol. The molecule has 0 fully saturated rings. The van der Waals surface area contributed by atoms with E-state index in [0.29, 0.717) is 4.88 Å². The Labute approximate surface area is 142 Å². The molecule has 3 aromatic rings. The van der Waals surface area contributed by atoms with Crippen LogP contribution in [0.2, 0.25) is 0 Å². The summed E-state index contributed by atoms with van der Waals surface area (Å²) in [5.74, 6) is -0.768. The normalized spacial score (nSPS) is 10.7. The number of aromatic nitrogens is 2. The molecule has 0 saturated carbocycles. The average molecular weight is 338 g/mol. The maximum Gasteiger partial charge on any atom is 0.279 e. The first-order chi connectivity index (χ1) is 11.7. The van der Waals surface area contributed by atoms with Gasteiger partial charge in [0, 0.05) is 17.8 Å². The molecule has 2 heterocycles. The van der Waals surface area contributed by atoms with Gasteiger partial charge in [0.1, 0.15) is 0 Å². The van der Waals surface area contributed by atoms with E-state index in [1.54, 1.807) is 34.5 Å². The summed E-state index contributed by atoms with van der Waals surface area (Å²) >= 11 is 1.30. The van der Waals surface area contributed by atoms with Crippen molar-refractivity contribution in [1.82, 2.24) is 20.6 Å². The van der Waals surface area contributed by atoms with Crippen molar-refractivity contribution in [3.63, 3.8) is 0 Å². The van der Waals surface area contributed by atoms with Crippen molar-refractivity contribution in [1.29, 1.82) is 0 Å². The molecule has 6 nitrogen and oxygen atoms in total. The zero-order valence-corrected chi connectivity index (χ0v) is 13.4. The molecule has 2 N–H and O–H groups in total. The van der Waals surface area contributed by atoms with Gasteiger partial charge >= 0.3 is 0 Å². The van der Waals surface area contributed by atoms with E-state index in [1.807, 2.05) is 36.5 Å². The van der Waals surface area contributed by atoms with E-state index in [0.717, 1.165) is 11.3 Å². The lowest BCUT2D eigenvalue weighted by molar-refractivity contribution is -0.117. The highest BCUT2D eigenvalue weighted by atomic mass is 32.1. The fraction of sp³-hybridized carbons (Fsp3) is 0. The number of carbonyl (C=O) groups excluding carboxylic acids is 2. The molecule has 0 unspecified atom stereocenters. The largest absolute Gasteiger partial charge is 0.279 e. The van der Waals surface area contributed by atoms with Gasteiger partial charge in [0.25, 0.3) is 11.8 Å². The molecule has 0 spiro atoms. The number of carbonyl (C=O) groups is 2. The number of hydrazine groups is 1. The van der Waals surface area contributed by atoms with E-state index >= 15 is 0 Å². The topological polar surface area (TPSA) is 76.0 Å². The van der Waals surface area contributed by atoms with Crippen LogP contribution in [0.5, 0.6) is 0 Å². The fourth-order valence-electron chi connectivity index (χ4n) is 1.95. The first-order valence-electron chi connectivity index (χ1n) is 7.14. The van der Waals surface area contributed by atoms with Gasteiger partial charge in [0.15, 0.2) is 0 Å². The van der Waals surface area contributed by atoms with Crippen LogP contribution in [0.15, 0.2) is 66.3 Å². The van der Waals surface area contributed by atoms with Crippen LogP contribution in [0.4, 0.5) is 0 Å². The van der Waals surface area contributed by atoms with E-state index in [2.05, 4.69) is 16.0 Å². The van der Waals surface area contributed by atoms with Crippen molar-refractivity contribution in [2.45, 2.75) is 0 Å². The number of hydrogen-bond acceptors (Lipinski definition) is 4. The van der Waals surface area contributed by atoms with Crippen LogP contribution in [0.25, 0.3) is 11.8 Å². The lowest BCUT2D eigenvalue weighted by Gasteiger charge is -2.02. The van der Waals surface area contributed by atoms with E-state index in [4.69, 9.17) is 0 Å². The number of benzene rings is 1. The predicted molar refractivity (Wildman–Crippen MR) is 92.5 cm³/mol. The van der Waals surface area contributed by atoms with E-state index < -0.39 is 5.91 Å². The summed E-state index contributed by atoms with van der Waals surface area (Å²) in [5, 5.41) is 6.03. The van der Waals surface area contributed by atoms with Crippen molar-refractivity contribution >= 4 is 29.2 Å². The molecule has 24 heavy (non-hydrogen) atoms. The molecule has 0 atom stereocenters. The molecule has 1 aromatic carbocycles. The second-order valence-electron chi connectivity index (χ2n) is 4.81. The Morgan fingerprint density at radius 2 is 1.92 bits per heavy atom. The van der Waals surface area contributed by atoms with Crippen molar-refractivity contribution in [3.05, 3.63) is 76.8 Å². The average Bonchev–Trinajstić information content (AvgIpc) is 3.30. The number of thiophene rings is 1. The summed E-state index contributed by atoms with van der Waals surface area (Å²) in [6, 6.07) is 13.1. The van der Waals surface area contributed by atoms with E-state index in [1.165, 1.54) is 17.4 Å². The second-order valence-corrected chi connectivity index (χ2v) is 5.76. The summed E-state index contributed by atoms with van der Waals surface area (Å²) in [6.45, 7) is 0. The number of nitrogens with one attached hydrogen (secondary N) is 2. The lowest BCUT2D eigenvalue weighted by atomic mass is 10.3. The van der Waals surface area contributed by atoms with E-state index in [9.17, 15) is 9.59 Å². The van der Waals surface area contributed by atoms with Crippen LogP contribution in [0, 0.1) is 0 Å². The summed E-state index contributed by atoms with van der Waals surface area (Å²) < 4.78 is 1.72. The van der Waals surface area contributed by atoms with Gasteiger partial charge < -0.3 is 0 Å². The summed E-state index contributed by atoms with van der Waals surface area (Å²) in [7, 11) is 0. The minimum atomic E-state index is -0.424. The Balaban J connectivity index is 1.55. The molecule has 120 valence electrons. The molecule has 0 aliphatic carbocycles. The third-order valence-electron chi connectivity index (χ3n) is 3.09. The van der Waals surface area contributed by atoms with Crippen LogP contribution in [-0.4, -0.2) is 21.6 Å². The van der Waals surface area contributed by atoms with Gasteiger partial charge in [-0.05, 0) is 29.7 Å². The summed E-state index contributed by atoms with van der Waals surface area (Å²) in [5.41, 5.74) is 6.40. The molecule has 0 aliphatic heterocycles. The van der Waals surface area contributed by atoms with Crippen molar-refractivity contribution < 1.29 is 9.59 Å². The first-order valence-corrected chi connectivity index (χ1v) is 8.02.